The third kappa shape index (κ3) is 7.11. The maximum atomic E-state index is 11.8. The Morgan fingerprint density at radius 3 is 2.55 bits per heavy atom. The zero-order valence-corrected chi connectivity index (χ0v) is 13.3. The molecule has 22 heavy (non-hydrogen) atoms. The molecule has 0 fully saturated rings. The summed E-state index contributed by atoms with van der Waals surface area (Å²) < 4.78 is 9.77. The predicted octanol–water partition coefficient (Wildman–Crippen LogP) is 3.60. The summed E-state index contributed by atoms with van der Waals surface area (Å²) in [5.74, 6) is -0.239. The molecule has 1 rings (SSSR count). The molecule has 1 aromatic rings. The van der Waals surface area contributed by atoms with Gasteiger partial charge in [-0.25, -0.2) is 4.79 Å². The van der Waals surface area contributed by atoms with Gasteiger partial charge < -0.3 is 14.8 Å². The summed E-state index contributed by atoms with van der Waals surface area (Å²) in [6.45, 7) is 2.47. The first-order chi connectivity index (χ1) is 10.7. The molecular weight excluding hydrogens is 282 g/mol. The van der Waals surface area contributed by atoms with Crippen molar-refractivity contribution in [2.45, 2.75) is 45.1 Å². The zero-order valence-electron chi connectivity index (χ0n) is 13.3. The van der Waals surface area contributed by atoms with E-state index < -0.39 is 6.09 Å². The highest BCUT2D eigenvalue weighted by molar-refractivity contribution is 5.69. The van der Waals surface area contributed by atoms with E-state index in [4.69, 9.17) is 4.74 Å². The fourth-order valence-electron chi connectivity index (χ4n) is 2.05. The molecule has 0 spiro atoms. The van der Waals surface area contributed by atoms with Crippen LogP contribution in [0.5, 0.6) is 0 Å². The van der Waals surface area contributed by atoms with E-state index in [9.17, 15) is 9.59 Å². The van der Waals surface area contributed by atoms with Gasteiger partial charge in [0, 0.05) is 6.42 Å². The second kappa shape index (κ2) is 10.7. The van der Waals surface area contributed by atoms with Gasteiger partial charge in [0.1, 0.15) is 0 Å². The summed E-state index contributed by atoms with van der Waals surface area (Å²) in [6, 6.07) is 9.51. The molecule has 1 unspecified atom stereocenters. The number of ether oxygens (including phenoxy) is 2. The first kappa shape index (κ1) is 18.0. The van der Waals surface area contributed by atoms with E-state index >= 15 is 0 Å². The first-order valence-corrected chi connectivity index (χ1v) is 7.72. The van der Waals surface area contributed by atoms with Crippen molar-refractivity contribution in [3.63, 3.8) is 0 Å². The number of carbonyl (C=O) groups is 2. The molecule has 1 N–H and O–H groups in total. The van der Waals surface area contributed by atoms with Gasteiger partial charge in [0.2, 0.25) is 0 Å². The molecule has 0 bridgehead atoms. The number of carbonyl (C=O) groups excluding carboxylic acids is 2. The molecule has 0 saturated heterocycles. The molecule has 0 aliphatic rings. The molecule has 0 aromatic heterocycles. The van der Waals surface area contributed by atoms with Crippen LogP contribution in [0.25, 0.3) is 0 Å². The molecule has 0 saturated carbocycles. The molecule has 1 atom stereocenters. The van der Waals surface area contributed by atoms with E-state index in [-0.39, 0.29) is 12.0 Å². The van der Waals surface area contributed by atoms with Crippen molar-refractivity contribution in [3.8, 4) is 0 Å². The summed E-state index contributed by atoms with van der Waals surface area (Å²) in [5.41, 5.74) is 1.000. The second-order valence-corrected chi connectivity index (χ2v) is 5.07. The Bertz CT molecular complexity index is 447. The normalized spacial score (nSPS) is 11.5. The molecule has 0 aliphatic carbocycles. The number of alkyl carbamates (subject to hydrolysis) is 1. The van der Waals surface area contributed by atoms with Gasteiger partial charge in [-0.3, -0.25) is 4.79 Å². The third-order valence-electron chi connectivity index (χ3n) is 3.33. The number of hydrogen-bond donors (Lipinski definition) is 1. The van der Waals surface area contributed by atoms with Gasteiger partial charge in [0.15, 0.2) is 0 Å². The largest absolute Gasteiger partial charge is 0.469 e. The Hall–Kier alpha value is -2.04. The second-order valence-electron chi connectivity index (χ2n) is 5.07. The third-order valence-corrected chi connectivity index (χ3v) is 3.33. The van der Waals surface area contributed by atoms with Crippen LogP contribution in [-0.2, 0) is 14.3 Å². The number of rotatable bonds is 9. The Morgan fingerprint density at radius 1 is 1.18 bits per heavy atom. The lowest BCUT2D eigenvalue weighted by Gasteiger charge is -2.19. The lowest BCUT2D eigenvalue weighted by atomic mass is 10.0. The number of methoxy groups -OCH3 is 1. The molecule has 1 aromatic carbocycles. The van der Waals surface area contributed by atoms with Gasteiger partial charge >= 0.3 is 12.1 Å². The average Bonchev–Trinajstić information content (AvgIpc) is 2.54. The molecular formula is C17H25NO4. The van der Waals surface area contributed by atoms with E-state index in [1.165, 1.54) is 7.11 Å². The fraction of sp³-hybridized carbons (Fsp3) is 0.529. The van der Waals surface area contributed by atoms with E-state index in [1.54, 1.807) is 0 Å². The fourth-order valence-corrected chi connectivity index (χ4v) is 2.05. The molecule has 5 heteroatoms. The van der Waals surface area contributed by atoms with Crippen molar-refractivity contribution in [2.24, 2.45) is 0 Å². The van der Waals surface area contributed by atoms with Crippen LogP contribution >= 0.6 is 0 Å². The Labute approximate surface area is 132 Å². The summed E-state index contributed by atoms with van der Waals surface area (Å²) in [4.78, 5) is 23.0. The van der Waals surface area contributed by atoms with Crippen molar-refractivity contribution in [1.82, 2.24) is 5.32 Å². The predicted molar refractivity (Wildman–Crippen MR) is 84.4 cm³/mol. The lowest BCUT2D eigenvalue weighted by molar-refractivity contribution is -0.140. The quantitative estimate of drug-likeness (QED) is 0.559. The van der Waals surface area contributed by atoms with Gasteiger partial charge in [0.05, 0.1) is 19.8 Å². The number of nitrogens with one attached hydrogen (secondary N) is 1. The maximum Gasteiger partial charge on any atom is 0.407 e. The van der Waals surface area contributed by atoms with Crippen LogP contribution in [-0.4, -0.2) is 25.8 Å². The Balaban J connectivity index is 2.55. The Kier molecular flexibility index (Phi) is 8.72. The smallest absolute Gasteiger partial charge is 0.407 e. The van der Waals surface area contributed by atoms with Gasteiger partial charge in [-0.15, -0.1) is 0 Å². The Morgan fingerprint density at radius 2 is 1.91 bits per heavy atom. The van der Waals surface area contributed by atoms with E-state index in [2.05, 4.69) is 10.1 Å². The van der Waals surface area contributed by atoms with Crippen molar-refractivity contribution >= 4 is 12.1 Å². The standard InChI is InChI=1S/C17H25NO4/c1-3-4-13-22-17(20)18-15(11-8-12-16(19)21-2)14-9-6-5-7-10-14/h5-7,9-10,15H,3-4,8,11-13H2,1-2H3,(H,18,20). The van der Waals surface area contributed by atoms with Crippen molar-refractivity contribution < 1.29 is 19.1 Å². The zero-order chi connectivity index (χ0) is 16.2. The number of benzene rings is 1. The van der Waals surface area contributed by atoms with E-state index in [0.29, 0.717) is 25.9 Å². The molecule has 122 valence electrons. The monoisotopic (exact) mass is 307 g/mol. The van der Waals surface area contributed by atoms with Gasteiger partial charge in [0.25, 0.3) is 0 Å². The lowest BCUT2D eigenvalue weighted by Crippen LogP contribution is -2.29. The van der Waals surface area contributed by atoms with Crippen LogP contribution in [0.1, 0.15) is 50.6 Å². The molecule has 0 heterocycles. The van der Waals surface area contributed by atoms with Crippen LogP contribution < -0.4 is 5.32 Å². The maximum absolute atomic E-state index is 11.8. The molecule has 0 radical (unpaired) electrons. The summed E-state index contributed by atoms with van der Waals surface area (Å²) in [6.07, 6.45) is 3.05. The van der Waals surface area contributed by atoms with E-state index in [1.807, 2.05) is 37.3 Å². The number of hydrogen-bond acceptors (Lipinski definition) is 4. The highest BCUT2D eigenvalue weighted by atomic mass is 16.5. The number of esters is 1. The molecule has 1 amide bonds. The topological polar surface area (TPSA) is 64.6 Å². The number of amides is 1. The van der Waals surface area contributed by atoms with Crippen LogP contribution in [0.4, 0.5) is 4.79 Å². The summed E-state index contributed by atoms with van der Waals surface area (Å²) in [5, 5.41) is 2.87. The van der Waals surface area contributed by atoms with Gasteiger partial charge in [-0.05, 0) is 24.8 Å². The minimum Gasteiger partial charge on any atom is -0.469 e. The average molecular weight is 307 g/mol. The molecule has 5 nitrogen and oxygen atoms in total. The van der Waals surface area contributed by atoms with Crippen molar-refractivity contribution in [1.29, 1.82) is 0 Å². The minimum atomic E-state index is -0.416. The van der Waals surface area contributed by atoms with Crippen molar-refractivity contribution in [2.75, 3.05) is 13.7 Å². The van der Waals surface area contributed by atoms with Crippen LogP contribution in [0, 0.1) is 0 Å². The highest BCUT2D eigenvalue weighted by Crippen LogP contribution is 2.19. The minimum absolute atomic E-state index is 0.167. The van der Waals surface area contributed by atoms with Crippen LogP contribution in [0.2, 0.25) is 0 Å². The van der Waals surface area contributed by atoms with Gasteiger partial charge in [-0.1, -0.05) is 43.7 Å². The summed E-state index contributed by atoms with van der Waals surface area (Å²) in [7, 11) is 1.38. The first-order valence-electron chi connectivity index (χ1n) is 7.72. The van der Waals surface area contributed by atoms with Crippen molar-refractivity contribution in [3.05, 3.63) is 35.9 Å². The number of unbranched alkanes of at least 4 members (excludes halogenated alkanes) is 1. The highest BCUT2D eigenvalue weighted by Gasteiger charge is 2.15. The van der Waals surface area contributed by atoms with E-state index in [0.717, 1.165) is 18.4 Å². The SMILES string of the molecule is CCCCOC(=O)NC(CCCC(=O)OC)c1ccccc1. The van der Waals surface area contributed by atoms with Crippen LogP contribution in [0.3, 0.4) is 0 Å². The molecule has 0 aliphatic heterocycles. The van der Waals surface area contributed by atoms with Gasteiger partial charge in [-0.2, -0.15) is 0 Å². The van der Waals surface area contributed by atoms with Crippen LogP contribution in [0.15, 0.2) is 30.3 Å². The summed E-state index contributed by atoms with van der Waals surface area (Å²) >= 11 is 0.